The monoisotopic (exact) mass is 262 g/mol. The van der Waals surface area contributed by atoms with Crippen LogP contribution in [-0.4, -0.2) is 18.6 Å². The molecule has 0 unspecified atom stereocenters. The lowest BCUT2D eigenvalue weighted by molar-refractivity contribution is -0.122. The third-order valence-electron chi connectivity index (χ3n) is 3.43. The molecule has 1 saturated carbocycles. The summed E-state index contributed by atoms with van der Waals surface area (Å²) in [6.07, 6.45) is 6.37. The fourth-order valence-electron chi connectivity index (χ4n) is 2.41. The van der Waals surface area contributed by atoms with Crippen molar-refractivity contribution in [3.8, 4) is 5.75 Å². The third-order valence-corrected chi connectivity index (χ3v) is 3.43. The zero-order valence-electron chi connectivity index (χ0n) is 11.2. The first-order chi connectivity index (χ1) is 9.24. The van der Waals surface area contributed by atoms with Crippen LogP contribution >= 0.6 is 0 Å². The summed E-state index contributed by atoms with van der Waals surface area (Å²) in [5, 5.41) is 3.07. The highest BCUT2D eigenvalue weighted by Gasteiger charge is 2.15. The number of hydrogen-bond donors (Lipinski definition) is 2. The number of nitrogens with two attached hydrogens (primary N) is 1. The van der Waals surface area contributed by atoms with Gasteiger partial charge >= 0.3 is 0 Å². The summed E-state index contributed by atoms with van der Waals surface area (Å²) in [4.78, 5) is 11.8. The van der Waals surface area contributed by atoms with Crippen molar-refractivity contribution < 1.29 is 9.53 Å². The molecule has 19 heavy (non-hydrogen) atoms. The van der Waals surface area contributed by atoms with Crippen LogP contribution in [0, 0.1) is 0 Å². The number of amides is 1. The quantitative estimate of drug-likeness (QED) is 0.801. The molecule has 2 rings (SSSR count). The predicted molar refractivity (Wildman–Crippen MR) is 76.0 cm³/mol. The van der Waals surface area contributed by atoms with E-state index in [1.807, 2.05) is 18.2 Å². The maximum atomic E-state index is 11.8. The number of nitrogen functional groups attached to an aromatic ring is 1. The lowest BCUT2D eigenvalue weighted by Gasteiger charge is -2.22. The van der Waals surface area contributed by atoms with Gasteiger partial charge in [0.15, 0.2) is 0 Å². The van der Waals surface area contributed by atoms with Gasteiger partial charge < -0.3 is 15.8 Å². The Morgan fingerprint density at radius 1 is 1.32 bits per heavy atom. The normalized spacial score (nSPS) is 16.0. The molecule has 1 aromatic carbocycles. The maximum absolute atomic E-state index is 11.8. The second-order valence-electron chi connectivity index (χ2n) is 5.07. The molecule has 0 aliphatic heterocycles. The first-order valence-corrected chi connectivity index (χ1v) is 7.02. The molecule has 0 spiro atoms. The van der Waals surface area contributed by atoms with Gasteiger partial charge in [0.25, 0.3) is 0 Å². The zero-order chi connectivity index (χ0) is 13.5. The SMILES string of the molecule is Nc1cccc(OCCC(=O)NC2CCCCC2)c1. The van der Waals surface area contributed by atoms with Gasteiger partial charge in [0.2, 0.25) is 5.91 Å². The fraction of sp³-hybridized carbons (Fsp3) is 0.533. The molecule has 0 heterocycles. The molecule has 0 atom stereocenters. The minimum Gasteiger partial charge on any atom is -0.493 e. The van der Waals surface area contributed by atoms with Gasteiger partial charge in [-0.1, -0.05) is 25.3 Å². The summed E-state index contributed by atoms with van der Waals surface area (Å²) in [6, 6.07) is 7.62. The van der Waals surface area contributed by atoms with Crippen LogP contribution in [-0.2, 0) is 4.79 Å². The van der Waals surface area contributed by atoms with E-state index >= 15 is 0 Å². The molecular weight excluding hydrogens is 240 g/mol. The molecule has 3 N–H and O–H groups in total. The number of ether oxygens (including phenoxy) is 1. The highest BCUT2D eigenvalue weighted by atomic mass is 16.5. The van der Waals surface area contributed by atoms with Gasteiger partial charge in [-0.25, -0.2) is 0 Å². The van der Waals surface area contributed by atoms with Crippen molar-refractivity contribution in [1.29, 1.82) is 0 Å². The number of carbonyl (C=O) groups excluding carboxylic acids is 1. The molecule has 1 aliphatic rings. The summed E-state index contributed by atoms with van der Waals surface area (Å²) in [7, 11) is 0. The van der Waals surface area contributed by atoms with E-state index in [2.05, 4.69) is 5.32 Å². The maximum Gasteiger partial charge on any atom is 0.223 e. The first-order valence-electron chi connectivity index (χ1n) is 7.02. The Hall–Kier alpha value is -1.71. The van der Waals surface area contributed by atoms with Gasteiger partial charge in [-0.15, -0.1) is 0 Å². The number of carbonyl (C=O) groups is 1. The van der Waals surface area contributed by atoms with Crippen molar-refractivity contribution in [2.24, 2.45) is 0 Å². The van der Waals surface area contributed by atoms with E-state index in [9.17, 15) is 4.79 Å². The molecular formula is C15H22N2O2. The van der Waals surface area contributed by atoms with E-state index in [0.29, 0.717) is 30.5 Å². The summed E-state index contributed by atoms with van der Waals surface area (Å²) in [5.41, 5.74) is 6.33. The van der Waals surface area contributed by atoms with Crippen molar-refractivity contribution >= 4 is 11.6 Å². The van der Waals surface area contributed by atoms with Crippen molar-refractivity contribution in [2.45, 2.75) is 44.6 Å². The van der Waals surface area contributed by atoms with Crippen molar-refractivity contribution in [2.75, 3.05) is 12.3 Å². The summed E-state index contributed by atoms with van der Waals surface area (Å²) >= 11 is 0. The van der Waals surface area contributed by atoms with Gasteiger partial charge in [-0.3, -0.25) is 4.79 Å². The molecule has 1 fully saturated rings. The number of nitrogens with one attached hydrogen (secondary N) is 1. The van der Waals surface area contributed by atoms with E-state index in [4.69, 9.17) is 10.5 Å². The van der Waals surface area contributed by atoms with Crippen LogP contribution in [0.5, 0.6) is 5.75 Å². The van der Waals surface area contributed by atoms with Gasteiger partial charge in [-0.05, 0) is 25.0 Å². The van der Waals surface area contributed by atoms with Crippen LogP contribution in [0.25, 0.3) is 0 Å². The molecule has 1 amide bonds. The fourth-order valence-corrected chi connectivity index (χ4v) is 2.41. The van der Waals surface area contributed by atoms with Gasteiger partial charge in [0.05, 0.1) is 13.0 Å². The van der Waals surface area contributed by atoms with Gasteiger partial charge in [-0.2, -0.15) is 0 Å². The predicted octanol–water partition coefficient (Wildman–Crippen LogP) is 2.49. The van der Waals surface area contributed by atoms with E-state index in [-0.39, 0.29) is 5.91 Å². The second-order valence-corrected chi connectivity index (χ2v) is 5.07. The number of rotatable bonds is 5. The van der Waals surface area contributed by atoms with E-state index < -0.39 is 0 Å². The lowest BCUT2D eigenvalue weighted by Crippen LogP contribution is -2.36. The highest BCUT2D eigenvalue weighted by molar-refractivity contribution is 5.76. The molecule has 4 nitrogen and oxygen atoms in total. The summed E-state index contributed by atoms with van der Waals surface area (Å²) in [6.45, 7) is 0.391. The molecule has 1 aromatic rings. The Morgan fingerprint density at radius 2 is 2.11 bits per heavy atom. The third kappa shape index (κ3) is 4.81. The van der Waals surface area contributed by atoms with Crippen LogP contribution in [0.2, 0.25) is 0 Å². The van der Waals surface area contributed by atoms with Crippen LogP contribution in [0.15, 0.2) is 24.3 Å². The molecule has 4 heteroatoms. The molecule has 1 aliphatic carbocycles. The largest absolute Gasteiger partial charge is 0.493 e. The summed E-state index contributed by atoms with van der Waals surface area (Å²) < 4.78 is 5.51. The molecule has 0 saturated heterocycles. The van der Waals surface area contributed by atoms with Crippen molar-refractivity contribution in [3.05, 3.63) is 24.3 Å². The number of anilines is 1. The average Bonchev–Trinajstić information content (AvgIpc) is 2.40. The number of hydrogen-bond acceptors (Lipinski definition) is 3. The Kier molecular flexibility index (Phi) is 5.07. The van der Waals surface area contributed by atoms with Crippen LogP contribution in [0.3, 0.4) is 0 Å². The Morgan fingerprint density at radius 3 is 2.84 bits per heavy atom. The minimum absolute atomic E-state index is 0.0794. The van der Waals surface area contributed by atoms with E-state index in [0.717, 1.165) is 12.8 Å². The first kappa shape index (κ1) is 13.7. The Labute approximate surface area is 114 Å². The second kappa shape index (κ2) is 7.02. The topological polar surface area (TPSA) is 64.3 Å². The van der Waals surface area contributed by atoms with Crippen LogP contribution in [0.4, 0.5) is 5.69 Å². The smallest absolute Gasteiger partial charge is 0.223 e. The minimum atomic E-state index is 0.0794. The van der Waals surface area contributed by atoms with Gasteiger partial charge in [0.1, 0.15) is 5.75 Å². The number of benzene rings is 1. The van der Waals surface area contributed by atoms with Gasteiger partial charge in [0, 0.05) is 17.8 Å². The standard InChI is InChI=1S/C15H22N2O2/c16-12-5-4-8-14(11-12)19-10-9-15(18)17-13-6-2-1-3-7-13/h4-5,8,11,13H,1-3,6-7,9-10,16H2,(H,17,18). The lowest BCUT2D eigenvalue weighted by atomic mass is 9.95. The van der Waals surface area contributed by atoms with E-state index in [1.165, 1.54) is 19.3 Å². The van der Waals surface area contributed by atoms with E-state index in [1.54, 1.807) is 6.07 Å². The Balaban J connectivity index is 1.66. The molecule has 0 bridgehead atoms. The Bertz CT molecular complexity index is 414. The molecule has 104 valence electrons. The van der Waals surface area contributed by atoms with Crippen molar-refractivity contribution in [1.82, 2.24) is 5.32 Å². The average molecular weight is 262 g/mol. The van der Waals surface area contributed by atoms with Crippen molar-refractivity contribution in [3.63, 3.8) is 0 Å². The summed E-state index contributed by atoms with van der Waals surface area (Å²) in [5.74, 6) is 0.793. The zero-order valence-corrected chi connectivity index (χ0v) is 11.2. The molecule has 0 radical (unpaired) electrons. The highest BCUT2D eigenvalue weighted by Crippen LogP contribution is 2.17. The molecule has 0 aromatic heterocycles. The van der Waals surface area contributed by atoms with Crippen LogP contribution < -0.4 is 15.8 Å². The van der Waals surface area contributed by atoms with Crippen LogP contribution in [0.1, 0.15) is 38.5 Å².